The Hall–Kier alpha value is -3.34. The molecule has 1 aliphatic rings. The first-order valence-electron chi connectivity index (χ1n) is 10.9. The van der Waals surface area contributed by atoms with E-state index in [2.05, 4.69) is 73.5 Å². The van der Waals surface area contributed by atoms with Crippen molar-refractivity contribution in [3.8, 4) is 5.69 Å². The molecule has 0 unspecified atom stereocenters. The van der Waals surface area contributed by atoms with Gasteiger partial charge in [0.1, 0.15) is 0 Å². The van der Waals surface area contributed by atoms with Crippen LogP contribution in [0.3, 0.4) is 0 Å². The highest BCUT2D eigenvalue weighted by atomic mass is 16.4. The fourth-order valence-corrected chi connectivity index (χ4v) is 5.17. The molecule has 1 heterocycles. The van der Waals surface area contributed by atoms with E-state index in [0.717, 1.165) is 16.7 Å². The Morgan fingerprint density at radius 1 is 0.938 bits per heavy atom. The SMILES string of the molecule is C=CC1=C(/C=C\C)c2cc3c(cc2C1(C)C)c1ccccc1n3-c1ccc(B(O)O)cc1. The molecule has 32 heavy (non-hydrogen) atoms. The number of hydrogen-bond acceptors (Lipinski definition) is 2. The molecule has 0 saturated heterocycles. The lowest BCUT2D eigenvalue weighted by Crippen LogP contribution is -2.29. The maximum Gasteiger partial charge on any atom is 0.488 e. The van der Waals surface area contributed by atoms with Crippen molar-refractivity contribution in [2.45, 2.75) is 26.2 Å². The largest absolute Gasteiger partial charge is 0.488 e. The van der Waals surface area contributed by atoms with Crippen molar-refractivity contribution in [1.29, 1.82) is 0 Å². The molecule has 0 spiro atoms. The Morgan fingerprint density at radius 3 is 2.31 bits per heavy atom. The van der Waals surface area contributed by atoms with Gasteiger partial charge in [0, 0.05) is 21.9 Å². The standard InChI is InChI=1S/C28H26BNO2/c1-5-9-20-22-17-27-23(16-25(22)28(3,4)24(20)6-2)21-10-7-8-11-26(21)30(27)19-14-12-18(13-15-19)29(31)32/h5-17,31-32H,2H2,1,3-4H3/b9-5-. The van der Waals surface area contributed by atoms with E-state index in [1.165, 1.54) is 33.0 Å². The summed E-state index contributed by atoms with van der Waals surface area (Å²) in [4.78, 5) is 0. The Bertz CT molecular complexity index is 1440. The van der Waals surface area contributed by atoms with Crippen molar-refractivity contribution in [1.82, 2.24) is 4.57 Å². The van der Waals surface area contributed by atoms with Gasteiger partial charge in [0.25, 0.3) is 0 Å². The molecule has 5 rings (SSSR count). The van der Waals surface area contributed by atoms with Gasteiger partial charge in [0.05, 0.1) is 11.0 Å². The van der Waals surface area contributed by atoms with E-state index in [9.17, 15) is 10.0 Å². The van der Waals surface area contributed by atoms with Crippen LogP contribution in [0.2, 0.25) is 0 Å². The summed E-state index contributed by atoms with van der Waals surface area (Å²) in [6.07, 6.45) is 6.26. The molecule has 3 aromatic carbocycles. The minimum Gasteiger partial charge on any atom is -0.423 e. The molecular weight excluding hydrogens is 393 g/mol. The van der Waals surface area contributed by atoms with E-state index in [-0.39, 0.29) is 5.41 Å². The predicted octanol–water partition coefficient (Wildman–Crippen LogP) is 5.27. The van der Waals surface area contributed by atoms with Crippen molar-refractivity contribution in [2.24, 2.45) is 0 Å². The van der Waals surface area contributed by atoms with Gasteiger partial charge in [0.2, 0.25) is 0 Å². The highest BCUT2D eigenvalue weighted by Gasteiger charge is 2.36. The highest BCUT2D eigenvalue weighted by molar-refractivity contribution is 6.58. The van der Waals surface area contributed by atoms with Gasteiger partial charge < -0.3 is 14.6 Å². The summed E-state index contributed by atoms with van der Waals surface area (Å²) in [6, 6.07) is 20.5. The molecule has 158 valence electrons. The van der Waals surface area contributed by atoms with E-state index in [0.29, 0.717) is 5.46 Å². The van der Waals surface area contributed by atoms with Gasteiger partial charge in [0.15, 0.2) is 0 Å². The third-order valence-corrected chi connectivity index (χ3v) is 6.73. The molecule has 0 atom stereocenters. The number of para-hydroxylation sites is 1. The van der Waals surface area contributed by atoms with E-state index in [1.54, 1.807) is 12.1 Å². The number of aromatic nitrogens is 1. The third kappa shape index (κ3) is 2.84. The molecule has 0 fully saturated rings. The zero-order chi connectivity index (χ0) is 22.6. The minimum atomic E-state index is -1.47. The van der Waals surface area contributed by atoms with Crippen molar-refractivity contribution in [2.75, 3.05) is 0 Å². The van der Waals surface area contributed by atoms with Crippen LogP contribution in [0, 0.1) is 0 Å². The predicted molar refractivity (Wildman–Crippen MR) is 136 cm³/mol. The molecule has 0 amide bonds. The van der Waals surface area contributed by atoms with Crippen molar-refractivity contribution in [3.63, 3.8) is 0 Å². The van der Waals surface area contributed by atoms with Gasteiger partial charge in [-0.2, -0.15) is 0 Å². The quantitative estimate of drug-likeness (QED) is 0.443. The first-order valence-corrected chi connectivity index (χ1v) is 10.9. The van der Waals surface area contributed by atoms with Gasteiger partial charge in [-0.1, -0.05) is 69.0 Å². The van der Waals surface area contributed by atoms with Crippen LogP contribution in [0.4, 0.5) is 0 Å². The number of fused-ring (bicyclic) bond motifs is 4. The lowest BCUT2D eigenvalue weighted by molar-refractivity contribution is 0.426. The van der Waals surface area contributed by atoms with Crippen LogP contribution in [0.15, 0.2) is 91.0 Å². The molecule has 0 aliphatic heterocycles. The van der Waals surface area contributed by atoms with E-state index >= 15 is 0 Å². The second-order valence-corrected chi connectivity index (χ2v) is 8.89. The Morgan fingerprint density at radius 2 is 1.66 bits per heavy atom. The molecule has 2 N–H and O–H groups in total. The van der Waals surface area contributed by atoms with Crippen LogP contribution in [-0.2, 0) is 5.41 Å². The summed E-state index contributed by atoms with van der Waals surface area (Å²) in [5.74, 6) is 0. The lowest BCUT2D eigenvalue weighted by Gasteiger charge is -2.22. The highest BCUT2D eigenvalue weighted by Crippen LogP contribution is 2.49. The summed E-state index contributed by atoms with van der Waals surface area (Å²) in [6.45, 7) is 10.7. The molecule has 0 radical (unpaired) electrons. The molecular formula is C28H26BNO2. The Balaban J connectivity index is 1.87. The van der Waals surface area contributed by atoms with Crippen LogP contribution < -0.4 is 5.46 Å². The number of allylic oxidation sites excluding steroid dienone is 5. The minimum absolute atomic E-state index is 0.123. The average Bonchev–Trinajstić information content (AvgIpc) is 3.21. The zero-order valence-electron chi connectivity index (χ0n) is 18.6. The summed E-state index contributed by atoms with van der Waals surface area (Å²) in [5.41, 5.74) is 8.62. The molecule has 0 bridgehead atoms. The maximum atomic E-state index is 9.50. The monoisotopic (exact) mass is 419 g/mol. The lowest BCUT2D eigenvalue weighted by atomic mass is 9.80. The van der Waals surface area contributed by atoms with Crippen LogP contribution in [0.1, 0.15) is 31.9 Å². The maximum absolute atomic E-state index is 9.50. The normalized spacial score (nSPS) is 15.2. The van der Waals surface area contributed by atoms with Gasteiger partial charge in [-0.25, -0.2) is 0 Å². The van der Waals surface area contributed by atoms with Gasteiger partial charge in [-0.05, 0) is 65.0 Å². The smallest absolute Gasteiger partial charge is 0.423 e. The topological polar surface area (TPSA) is 45.4 Å². The summed E-state index contributed by atoms with van der Waals surface area (Å²) >= 11 is 0. The summed E-state index contributed by atoms with van der Waals surface area (Å²) in [7, 11) is -1.47. The number of benzene rings is 3. The fourth-order valence-electron chi connectivity index (χ4n) is 5.17. The first kappa shape index (κ1) is 20.6. The Labute approximate surface area is 188 Å². The van der Waals surface area contributed by atoms with Crippen LogP contribution in [-0.4, -0.2) is 21.7 Å². The number of rotatable bonds is 4. The molecule has 1 aliphatic carbocycles. The van der Waals surface area contributed by atoms with Crippen molar-refractivity contribution < 1.29 is 10.0 Å². The third-order valence-electron chi connectivity index (χ3n) is 6.73. The van der Waals surface area contributed by atoms with E-state index in [1.807, 2.05) is 25.1 Å². The van der Waals surface area contributed by atoms with Gasteiger partial charge >= 0.3 is 7.12 Å². The van der Waals surface area contributed by atoms with Gasteiger partial charge in [-0.15, -0.1) is 0 Å². The average molecular weight is 419 g/mol. The second kappa shape index (κ2) is 7.37. The molecule has 0 saturated carbocycles. The number of hydrogen-bond donors (Lipinski definition) is 2. The van der Waals surface area contributed by atoms with Crippen LogP contribution >= 0.6 is 0 Å². The van der Waals surface area contributed by atoms with E-state index in [4.69, 9.17) is 0 Å². The van der Waals surface area contributed by atoms with Crippen LogP contribution in [0.25, 0.3) is 33.1 Å². The molecule has 4 aromatic rings. The first-order chi connectivity index (χ1) is 15.4. The summed E-state index contributed by atoms with van der Waals surface area (Å²) < 4.78 is 2.25. The van der Waals surface area contributed by atoms with Gasteiger partial charge in [-0.3, -0.25) is 0 Å². The van der Waals surface area contributed by atoms with Crippen LogP contribution in [0.5, 0.6) is 0 Å². The van der Waals surface area contributed by atoms with Crippen molar-refractivity contribution in [3.05, 3.63) is 102 Å². The zero-order valence-corrected chi connectivity index (χ0v) is 18.6. The molecule has 4 heteroatoms. The Kier molecular flexibility index (Phi) is 4.73. The van der Waals surface area contributed by atoms with Crippen molar-refractivity contribution >= 4 is 40.0 Å². The fraction of sp³-hybridized carbons (Fsp3) is 0.143. The molecule has 1 aromatic heterocycles. The molecule has 3 nitrogen and oxygen atoms in total. The number of nitrogens with zero attached hydrogens (tertiary/aromatic N) is 1. The summed E-state index contributed by atoms with van der Waals surface area (Å²) in [5, 5.41) is 21.4. The second-order valence-electron chi connectivity index (χ2n) is 8.89. The van der Waals surface area contributed by atoms with E-state index < -0.39 is 7.12 Å².